The lowest BCUT2D eigenvalue weighted by atomic mass is 9.99. The fourth-order valence-corrected chi connectivity index (χ4v) is 3.46. The largest absolute Gasteiger partial charge is 0.311 e. The highest BCUT2D eigenvalue weighted by Gasteiger charge is 2.38. The highest BCUT2D eigenvalue weighted by molar-refractivity contribution is 7.76. The Bertz CT molecular complexity index is 458. The summed E-state index contributed by atoms with van der Waals surface area (Å²) in [6, 6.07) is 20.1. The summed E-state index contributed by atoms with van der Waals surface area (Å²) in [5, 5.41) is 0. The molecule has 1 heterocycles. The normalized spacial score (nSPS) is 24.3. The van der Waals surface area contributed by atoms with E-state index in [-0.39, 0.29) is 12.2 Å². The number of hydrogen-bond acceptors (Lipinski definition) is 2. The van der Waals surface area contributed by atoms with Gasteiger partial charge in [0.25, 0.3) is 7.73 Å². The molecule has 2 aromatic rings. The maximum atomic E-state index is 6.02. The highest BCUT2D eigenvalue weighted by Crippen LogP contribution is 2.62. The molecule has 2 atom stereocenters. The van der Waals surface area contributed by atoms with Gasteiger partial charge in [-0.05, 0) is 22.4 Å². The van der Waals surface area contributed by atoms with Crippen LogP contribution in [0.15, 0.2) is 60.7 Å². The van der Waals surface area contributed by atoms with Crippen LogP contribution >= 0.6 is 19.0 Å². The van der Waals surface area contributed by atoms with E-state index in [4.69, 9.17) is 20.3 Å². The number of hydrogen-bond donors (Lipinski definition) is 0. The van der Waals surface area contributed by atoms with Gasteiger partial charge in [0.15, 0.2) is 0 Å². The molecule has 4 heteroatoms. The van der Waals surface area contributed by atoms with E-state index in [2.05, 4.69) is 0 Å². The molecule has 1 aliphatic heterocycles. The molecule has 18 heavy (non-hydrogen) atoms. The molecule has 2 nitrogen and oxygen atoms in total. The Labute approximate surface area is 112 Å². The van der Waals surface area contributed by atoms with Crippen molar-refractivity contribution in [1.29, 1.82) is 0 Å². The van der Waals surface area contributed by atoms with Crippen molar-refractivity contribution in [3.8, 4) is 0 Å². The van der Waals surface area contributed by atoms with Crippen molar-refractivity contribution in [2.45, 2.75) is 12.2 Å². The second kappa shape index (κ2) is 5.38. The molecule has 0 aromatic heterocycles. The van der Waals surface area contributed by atoms with Gasteiger partial charge in [-0.3, -0.25) is 0 Å². The molecule has 92 valence electrons. The maximum absolute atomic E-state index is 6.02. The van der Waals surface area contributed by atoms with Gasteiger partial charge in [0.1, 0.15) is 12.2 Å². The summed E-state index contributed by atoms with van der Waals surface area (Å²) in [6.07, 6.45) is -0.255. The van der Waals surface area contributed by atoms with Crippen LogP contribution in [0.3, 0.4) is 0 Å². The van der Waals surface area contributed by atoms with Crippen LogP contribution in [0, 0.1) is 0 Å². The van der Waals surface area contributed by atoms with Crippen LogP contribution in [0.4, 0.5) is 0 Å². The molecule has 0 spiro atoms. The van der Waals surface area contributed by atoms with Crippen LogP contribution in [-0.2, 0) is 9.05 Å². The lowest BCUT2D eigenvalue weighted by Gasteiger charge is -2.16. The van der Waals surface area contributed by atoms with Crippen LogP contribution in [0.25, 0.3) is 0 Å². The Morgan fingerprint density at radius 1 is 0.722 bits per heavy atom. The molecule has 2 aromatic carbocycles. The van der Waals surface area contributed by atoms with E-state index in [9.17, 15) is 0 Å². The molecule has 1 saturated heterocycles. The van der Waals surface area contributed by atoms with Gasteiger partial charge in [-0.25, -0.2) is 0 Å². The van der Waals surface area contributed by atoms with Gasteiger partial charge >= 0.3 is 0 Å². The summed E-state index contributed by atoms with van der Waals surface area (Å²) >= 11 is 6.02. The van der Waals surface area contributed by atoms with Crippen LogP contribution in [0.5, 0.6) is 0 Å². The van der Waals surface area contributed by atoms with Crippen molar-refractivity contribution in [2.75, 3.05) is 0 Å². The number of benzene rings is 2. The average molecular weight is 279 g/mol. The fourth-order valence-electron chi connectivity index (χ4n) is 2.07. The Hall–Kier alpha value is -0.920. The van der Waals surface area contributed by atoms with E-state index in [0.717, 1.165) is 11.1 Å². The van der Waals surface area contributed by atoms with Crippen molar-refractivity contribution in [2.24, 2.45) is 0 Å². The second-order valence-corrected chi connectivity index (χ2v) is 5.76. The number of halogens is 1. The summed E-state index contributed by atoms with van der Waals surface area (Å²) in [5.74, 6) is 0. The smallest absolute Gasteiger partial charge is 0.278 e. The minimum absolute atomic E-state index is 0.128. The maximum Gasteiger partial charge on any atom is 0.278 e. The molecule has 0 unspecified atom stereocenters. The lowest BCUT2D eigenvalue weighted by molar-refractivity contribution is 0.159. The summed E-state index contributed by atoms with van der Waals surface area (Å²) in [6.45, 7) is 0. The van der Waals surface area contributed by atoms with Crippen molar-refractivity contribution >= 4 is 19.0 Å². The first-order chi connectivity index (χ1) is 8.84. The van der Waals surface area contributed by atoms with Crippen LogP contribution in [0.1, 0.15) is 23.3 Å². The molecule has 0 amide bonds. The first-order valence-corrected chi connectivity index (χ1v) is 7.82. The average Bonchev–Trinajstić information content (AvgIpc) is 2.83. The summed E-state index contributed by atoms with van der Waals surface area (Å²) in [5.41, 5.74) is 2.19. The molecule has 0 N–H and O–H groups in total. The van der Waals surface area contributed by atoms with Gasteiger partial charge in [0.2, 0.25) is 0 Å². The van der Waals surface area contributed by atoms with E-state index < -0.39 is 7.73 Å². The second-order valence-electron chi connectivity index (χ2n) is 4.09. The van der Waals surface area contributed by atoms with Gasteiger partial charge in [-0.1, -0.05) is 60.7 Å². The van der Waals surface area contributed by atoms with E-state index in [1.165, 1.54) is 0 Å². The molecule has 0 bridgehead atoms. The SMILES string of the molecule is ClP1O[C@H](c2ccccc2)[C@@H](c2ccccc2)O1. The van der Waals surface area contributed by atoms with E-state index >= 15 is 0 Å². The van der Waals surface area contributed by atoms with Crippen molar-refractivity contribution < 1.29 is 9.05 Å². The van der Waals surface area contributed by atoms with Crippen molar-refractivity contribution in [1.82, 2.24) is 0 Å². The van der Waals surface area contributed by atoms with Crippen LogP contribution in [0.2, 0.25) is 0 Å². The van der Waals surface area contributed by atoms with E-state index in [1.54, 1.807) is 0 Å². The van der Waals surface area contributed by atoms with Gasteiger partial charge in [0.05, 0.1) is 0 Å². The Morgan fingerprint density at radius 2 is 1.11 bits per heavy atom. The van der Waals surface area contributed by atoms with E-state index in [1.807, 2.05) is 60.7 Å². The zero-order valence-corrected chi connectivity index (χ0v) is 11.2. The summed E-state index contributed by atoms with van der Waals surface area (Å²) in [4.78, 5) is 0. The third-order valence-electron chi connectivity index (χ3n) is 2.92. The Morgan fingerprint density at radius 3 is 1.50 bits per heavy atom. The molecular weight excluding hydrogens is 267 g/mol. The summed E-state index contributed by atoms with van der Waals surface area (Å²) < 4.78 is 11.4. The zero-order chi connectivity index (χ0) is 12.4. The number of rotatable bonds is 2. The van der Waals surface area contributed by atoms with Crippen molar-refractivity contribution in [3.63, 3.8) is 0 Å². The first-order valence-electron chi connectivity index (χ1n) is 5.74. The van der Waals surface area contributed by atoms with E-state index in [0.29, 0.717) is 0 Å². The van der Waals surface area contributed by atoms with Crippen LogP contribution in [-0.4, -0.2) is 0 Å². The fraction of sp³-hybridized carbons (Fsp3) is 0.143. The summed E-state index contributed by atoms with van der Waals surface area (Å²) in [7, 11) is -1.32. The third-order valence-corrected chi connectivity index (χ3v) is 4.19. The van der Waals surface area contributed by atoms with Crippen molar-refractivity contribution in [3.05, 3.63) is 71.8 Å². The standard InChI is InChI=1S/C14H12ClO2P/c15-18-16-13(11-7-3-1-4-8-11)14(17-18)12-9-5-2-6-10-12/h1-10,13-14H/t13-,14-/m1/s1. The third kappa shape index (κ3) is 2.43. The quantitative estimate of drug-likeness (QED) is 0.721. The monoisotopic (exact) mass is 278 g/mol. The zero-order valence-electron chi connectivity index (χ0n) is 9.57. The molecule has 1 fully saturated rings. The molecule has 1 aliphatic rings. The molecular formula is C14H12ClO2P. The van der Waals surface area contributed by atoms with Gasteiger partial charge in [-0.2, -0.15) is 0 Å². The molecule has 0 radical (unpaired) electrons. The predicted molar refractivity (Wildman–Crippen MR) is 73.3 cm³/mol. The van der Waals surface area contributed by atoms with Gasteiger partial charge in [-0.15, -0.1) is 0 Å². The first kappa shape index (κ1) is 12.1. The van der Waals surface area contributed by atoms with Crippen LogP contribution < -0.4 is 0 Å². The topological polar surface area (TPSA) is 18.5 Å². The lowest BCUT2D eigenvalue weighted by Crippen LogP contribution is -2.06. The highest BCUT2D eigenvalue weighted by atomic mass is 35.7. The predicted octanol–water partition coefficient (Wildman–Crippen LogP) is 4.98. The molecule has 0 aliphatic carbocycles. The Balaban J connectivity index is 1.93. The van der Waals surface area contributed by atoms with Gasteiger partial charge < -0.3 is 9.05 Å². The minimum Gasteiger partial charge on any atom is -0.311 e. The van der Waals surface area contributed by atoms with Gasteiger partial charge in [0, 0.05) is 0 Å². The molecule has 0 saturated carbocycles. The Kier molecular flexibility index (Phi) is 3.62. The minimum atomic E-state index is -1.32. The molecule has 3 rings (SSSR count).